The van der Waals surface area contributed by atoms with Crippen LogP contribution in [0.5, 0.6) is 0 Å². The van der Waals surface area contributed by atoms with Crippen LogP contribution in [0, 0.1) is 0 Å². The lowest BCUT2D eigenvalue weighted by atomic mass is 10.0. The van der Waals surface area contributed by atoms with Gasteiger partial charge in [0, 0.05) is 43.2 Å². The van der Waals surface area contributed by atoms with E-state index in [1.54, 1.807) is 12.4 Å². The molecule has 3 aromatic heterocycles. The zero-order valence-corrected chi connectivity index (χ0v) is 22.3. The smallest absolute Gasteiger partial charge is 0.165 e. The molecule has 1 aromatic carbocycles. The van der Waals surface area contributed by atoms with Gasteiger partial charge >= 0.3 is 0 Å². The zero-order valence-electron chi connectivity index (χ0n) is 20.8. The predicted octanol–water partition coefficient (Wildman–Crippen LogP) is 4.65. The fourth-order valence-corrected chi connectivity index (χ4v) is 5.13. The molecular weight excluding hydrogens is 548 g/mol. The van der Waals surface area contributed by atoms with E-state index in [4.69, 9.17) is 30.3 Å². The summed E-state index contributed by atoms with van der Waals surface area (Å²) in [5, 5.41) is 5.14. The van der Waals surface area contributed by atoms with Gasteiger partial charge in [0.2, 0.25) is 0 Å². The van der Waals surface area contributed by atoms with Crippen LogP contribution in [0.4, 0.5) is 11.6 Å². The Morgan fingerprint density at radius 1 is 1.00 bits per heavy atom. The van der Waals surface area contributed by atoms with Gasteiger partial charge in [-0.1, -0.05) is 33.2 Å². The number of benzene rings is 1. The Morgan fingerprint density at radius 3 is 2.61 bits per heavy atom. The van der Waals surface area contributed by atoms with Crippen molar-refractivity contribution in [1.29, 1.82) is 0 Å². The third kappa shape index (κ3) is 5.30. The number of oxime groups is 1. The quantitative estimate of drug-likeness (QED) is 0.339. The summed E-state index contributed by atoms with van der Waals surface area (Å²) in [5.41, 5.74) is 11.0. The number of nitrogens with two attached hydrogens (primary N) is 1. The highest BCUT2D eigenvalue weighted by atomic mass is 79.9. The molecule has 0 amide bonds. The molecule has 0 spiro atoms. The van der Waals surface area contributed by atoms with Gasteiger partial charge in [0.05, 0.1) is 42.4 Å². The molecule has 0 aliphatic carbocycles. The van der Waals surface area contributed by atoms with Gasteiger partial charge in [-0.25, -0.2) is 24.9 Å². The Morgan fingerprint density at radius 2 is 1.84 bits per heavy atom. The van der Waals surface area contributed by atoms with Crippen molar-refractivity contribution in [2.24, 2.45) is 5.16 Å². The largest absolute Gasteiger partial charge is 0.392 e. The highest BCUT2D eigenvalue weighted by molar-refractivity contribution is 9.10. The molecule has 2 saturated heterocycles. The van der Waals surface area contributed by atoms with E-state index < -0.39 is 0 Å². The minimum atomic E-state index is 0.170. The Kier molecular flexibility index (Phi) is 7.10. The topological polar surface area (TPSA) is 125 Å². The first-order chi connectivity index (χ1) is 18.6. The van der Waals surface area contributed by atoms with Gasteiger partial charge in [-0.3, -0.25) is 0 Å². The molecule has 2 fully saturated rings. The SMILES string of the molecule is Nc1ncnc2nc(-c3cnc(N4CCC(=NOC5CCOCC5)CC4)cn3)cc(-c3cccc(Br)c3)c12. The van der Waals surface area contributed by atoms with Gasteiger partial charge < -0.3 is 20.2 Å². The van der Waals surface area contributed by atoms with Crippen LogP contribution in [0.15, 0.2) is 58.7 Å². The number of nitrogen functional groups attached to an aromatic ring is 1. The normalized spacial score (nSPS) is 16.6. The Labute approximate surface area is 228 Å². The number of halogens is 1. The lowest BCUT2D eigenvalue weighted by Crippen LogP contribution is -2.34. The summed E-state index contributed by atoms with van der Waals surface area (Å²) in [6.07, 6.45) is 8.65. The van der Waals surface area contributed by atoms with E-state index in [-0.39, 0.29) is 6.10 Å². The third-order valence-electron chi connectivity index (χ3n) is 6.83. The lowest BCUT2D eigenvalue weighted by molar-refractivity contribution is -0.0304. The number of hydrogen-bond acceptors (Lipinski definition) is 10. The average molecular weight is 575 g/mol. The van der Waals surface area contributed by atoms with Crippen molar-refractivity contribution in [2.45, 2.75) is 31.8 Å². The minimum Gasteiger partial charge on any atom is -0.392 e. The number of fused-ring (bicyclic) bond motifs is 1. The lowest BCUT2D eigenvalue weighted by Gasteiger charge is -2.28. The van der Waals surface area contributed by atoms with Crippen molar-refractivity contribution >= 4 is 44.3 Å². The number of nitrogens with zero attached hydrogens (tertiary/aromatic N) is 7. The first kappa shape index (κ1) is 24.6. The fraction of sp³-hybridized carbons (Fsp3) is 0.333. The van der Waals surface area contributed by atoms with E-state index >= 15 is 0 Å². The van der Waals surface area contributed by atoms with Crippen molar-refractivity contribution in [1.82, 2.24) is 24.9 Å². The molecule has 0 saturated carbocycles. The number of rotatable bonds is 5. The molecule has 5 heterocycles. The molecule has 6 rings (SSSR count). The molecule has 194 valence electrons. The van der Waals surface area contributed by atoms with E-state index in [1.165, 1.54) is 6.33 Å². The number of ether oxygens (including phenoxy) is 1. The van der Waals surface area contributed by atoms with Gasteiger partial charge in [0.1, 0.15) is 29.8 Å². The number of pyridine rings is 1. The van der Waals surface area contributed by atoms with Crippen LogP contribution in [0.3, 0.4) is 0 Å². The number of anilines is 2. The summed E-state index contributed by atoms with van der Waals surface area (Å²) in [5.74, 6) is 1.22. The summed E-state index contributed by atoms with van der Waals surface area (Å²) in [4.78, 5) is 30.7. The van der Waals surface area contributed by atoms with E-state index in [1.807, 2.05) is 30.3 Å². The Hall–Kier alpha value is -3.70. The fourth-order valence-electron chi connectivity index (χ4n) is 4.74. The van der Waals surface area contributed by atoms with Crippen LogP contribution in [0.1, 0.15) is 25.7 Å². The molecule has 0 bridgehead atoms. The van der Waals surface area contributed by atoms with Gasteiger partial charge in [-0.15, -0.1) is 0 Å². The van der Waals surface area contributed by atoms with Crippen LogP contribution >= 0.6 is 15.9 Å². The highest BCUT2D eigenvalue weighted by Crippen LogP contribution is 2.34. The first-order valence-corrected chi connectivity index (χ1v) is 13.5. The molecule has 2 aliphatic heterocycles. The predicted molar refractivity (Wildman–Crippen MR) is 150 cm³/mol. The maximum atomic E-state index is 6.23. The summed E-state index contributed by atoms with van der Waals surface area (Å²) >= 11 is 3.56. The van der Waals surface area contributed by atoms with E-state index in [9.17, 15) is 0 Å². The second-order valence-electron chi connectivity index (χ2n) is 9.34. The van der Waals surface area contributed by atoms with Crippen molar-refractivity contribution in [3.05, 3.63) is 53.5 Å². The van der Waals surface area contributed by atoms with Crippen LogP contribution in [-0.4, -0.2) is 63.0 Å². The molecule has 0 unspecified atom stereocenters. The van der Waals surface area contributed by atoms with E-state index in [0.717, 1.165) is 79.1 Å². The molecule has 38 heavy (non-hydrogen) atoms. The van der Waals surface area contributed by atoms with Crippen molar-refractivity contribution in [3.63, 3.8) is 0 Å². The van der Waals surface area contributed by atoms with Crippen molar-refractivity contribution in [3.8, 4) is 22.5 Å². The van der Waals surface area contributed by atoms with Gasteiger partial charge in [0.15, 0.2) is 5.65 Å². The van der Waals surface area contributed by atoms with Gasteiger partial charge in [-0.2, -0.15) is 0 Å². The maximum Gasteiger partial charge on any atom is 0.165 e. The molecule has 4 aromatic rings. The van der Waals surface area contributed by atoms with Crippen LogP contribution in [-0.2, 0) is 9.57 Å². The zero-order chi connectivity index (χ0) is 25.9. The molecular formula is C27H27BrN8O2. The van der Waals surface area contributed by atoms with Gasteiger partial charge in [0.25, 0.3) is 0 Å². The second kappa shape index (κ2) is 11.0. The summed E-state index contributed by atoms with van der Waals surface area (Å²) in [6, 6.07) is 9.98. The Bertz CT molecular complexity index is 1460. The standard InChI is InChI=1S/C27H27BrN8O2/c28-18-3-1-2-17(12-18)21-13-22(34-27-25(21)26(29)32-16-33-27)23-14-31-24(15-30-23)36-8-4-19(5-9-36)35-38-20-6-10-37-11-7-20/h1-3,12-16,20H,4-11H2,(H2,29,32,33,34). The molecule has 2 aliphatic rings. The monoisotopic (exact) mass is 574 g/mol. The molecule has 0 radical (unpaired) electrons. The van der Waals surface area contributed by atoms with Crippen molar-refractivity contribution < 1.29 is 9.57 Å². The van der Waals surface area contributed by atoms with Crippen LogP contribution < -0.4 is 10.6 Å². The summed E-state index contributed by atoms with van der Waals surface area (Å²) in [7, 11) is 0. The Balaban J connectivity index is 1.21. The number of aromatic nitrogens is 5. The maximum absolute atomic E-state index is 6.23. The summed E-state index contributed by atoms with van der Waals surface area (Å²) in [6.45, 7) is 3.14. The van der Waals surface area contributed by atoms with E-state index in [2.05, 4.69) is 36.0 Å². The third-order valence-corrected chi connectivity index (χ3v) is 7.33. The molecule has 0 atom stereocenters. The highest BCUT2D eigenvalue weighted by Gasteiger charge is 2.20. The molecule has 2 N–H and O–H groups in total. The van der Waals surface area contributed by atoms with Crippen LogP contribution in [0.2, 0.25) is 0 Å². The van der Waals surface area contributed by atoms with E-state index in [0.29, 0.717) is 28.2 Å². The van der Waals surface area contributed by atoms with Crippen LogP contribution in [0.25, 0.3) is 33.5 Å². The minimum absolute atomic E-state index is 0.170. The van der Waals surface area contributed by atoms with Gasteiger partial charge in [-0.05, 0) is 29.3 Å². The average Bonchev–Trinajstić information content (AvgIpc) is 2.97. The summed E-state index contributed by atoms with van der Waals surface area (Å²) < 4.78 is 6.34. The number of piperidine rings is 1. The van der Waals surface area contributed by atoms with Crippen molar-refractivity contribution in [2.75, 3.05) is 36.9 Å². The first-order valence-electron chi connectivity index (χ1n) is 12.7. The second-order valence-corrected chi connectivity index (χ2v) is 10.3. The molecule has 11 heteroatoms. The number of hydrogen-bond donors (Lipinski definition) is 1. The molecule has 10 nitrogen and oxygen atoms in total.